The molecule has 2 N–H and O–H groups in total. The minimum atomic E-state index is -0.229. The SMILES string of the molecule is CCC1(CC)CC(NC(=O)c2ccc(Br)cc2O)CCO1. The molecular formula is C16H22BrNO3. The fourth-order valence-corrected chi connectivity index (χ4v) is 3.20. The first-order valence-electron chi connectivity index (χ1n) is 7.43. The average Bonchev–Trinajstić information content (AvgIpc) is 2.47. The Kier molecular flexibility index (Phi) is 5.27. The van der Waals surface area contributed by atoms with Crippen molar-refractivity contribution >= 4 is 21.8 Å². The first-order chi connectivity index (χ1) is 9.99. The summed E-state index contributed by atoms with van der Waals surface area (Å²) < 4.78 is 6.66. The molecule has 116 valence electrons. The molecule has 1 aromatic rings. The molecule has 1 aliphatic heterocycles. The topological polar surface area (TPSA) is 58.6 Å². The maximum absolute atomic E-state index is 12.3. The van der Waals surface area contributed by atoms with Gasteiger partial charge in [-0.15, -0.1) is 0 Å². The second-order valence-corrected chi connectivity index (χ2v) is 6.48. The molecule has 0 saturated carbocycles. The van der Waals surface area contributed by atoms with E-state index in [1.54, 1.807) is 12.1 Å². The molecule has 0 aliphatic carbocycles. The van der Waals surface area contributed by atoms with Crippen molar-refractivity contribution in [3.63, 3.8) is 0 Å². The third-order valence-corrected chi connectivity index (χ3v) is 4.81. The van der Waals surface area contributed by atoms with Gasteiger partial charge in [-0.2, -0.15) is 0 Å². The van der Waals surface area contributed by atoms with Crippen LogP contribution in [0.1, 0.15) is 49.9 Å². The largest absolute Gasteiger partial charge is 0.507 e. The van der Waals surface area contributed by atoms with Crippen LogP contribution in [0.15, 0.2) is 22.7 Å². The number of hydrogen-bond donors (Lipinski definition) is 2. The third-order valence-electron chi connectivity index (χ3n) is 4.32. The predicted molar refractivity (Wildman–Crippen MR) is 85.6 cm³/mol. The molecule has 1 aliphatic rings. The summed E-state index contributed by atoms with van der Waals surface area (Å²) in [5, 5.41) is 12.9. The number of phenolic OH excluding ortho intramolecular Hbond substituents is 1. The molecule has 1 heterocycles. The number of nitrogens with one attached hydrogen (secondary N) is 1. The zero-order valence-electron chi connectivity index (χ0n) is 12.5. The van der Waals surface area contributed by atoms with Gasteiger partial charge < -0.3 is 15.2 Å². The van der Waals surface area contributed by atoms with Gasteiger partial charge in [0.05, 0.1) is 11.2 Å². The zero-order valence-corrected chi connectivity index (χ0v) is 14.1. The van der Waals surface area contributed by atoms with Crippen LogP contribution in [0.3, 0.4) is 0 Å². The van der Waals surface area contributed by atoms with Crippen LogP contribution in [0.5, 0.6) is 5.75 Å². The Labute approximate surface area is 134 Å². The number of phenols is 1. The van der Waals surface area contributed by atoms with Crippen LogP contribution in [0.4, 0.5) is 0 Å². The van der Waals surface area contributed by atoms with Crippen LogP contribution in [0, 0.1) is 0 Å². The summed E-state index contributed by atoms with van der Waals surface area (Å²) in [7, 11) is 0. The minimum Gasteiger partial charge on any atom is -0.507 e. The first kappa shape index (κ1) is 16.3. The van der Waals surface area contributed by atoms with Gasteiger partial charge in [-0.25, -0.2) is 0 Å². The summed E-state index contributed by atoms with van der Waals surface area (Å²) in [4.78, 5) is 12.3. The van der Waals surface area contributed by atoms with Gasteiger partial charge in [0.1, 0.15) is 5.75 Å². The summed E-state index contributed by atoms with van der Waals surface area (Å²) in [5.41, 5.74) is 0.182. The number of hydrogen-bond acceptors (Lipinski definition) is 3. The van der Waals surface area contributed by atoms with Crippen LogP contribution in [-0.4, -0.2) is 29.3 Å². The van der Waals surface area contributed by atoms with Gasteiger partial charge in [-0.3, -0.25) is 4.79 Å². The number of rotatable bonds is 4. The lowest BCUT2D eigenvalue weighted by molar-refractivity contribution is -0.0917. The Morgan fingerprint density at radius 3 is 2.81 bits per heavy atom. The van der Waals surface area contributed by atoms with E-state index in [4.69, 9.17) is 4.74 Å². The zero-order chi connectivity index (χ0) is 15.5. The maximum atomic E-state index is 12.3. The van der Waals surface area contributed by atoms with Crippen LogP contribution in [0.25, 0.3) is 0 Å². The molecule has 21 heavy (non-hydrogen) atoms. The van der Waals surface area contributed by atoms with E-state index >= 15 is 0 Å². The van der Waals surface area contributed by atoms with Crippen LogP contribution in [0.2, 0.25) is 0 Å². The van der Waals surface area contributed by atoms with E-state index in [1.165, 1.54) is 6.07 Å². The van der Waals surface area contributed by atoms with Crippen molar-refractivity contribution in [1.82, 2.24) is 5.32 Å². The van der Waals surface area contributed by atoms with E-state index in [1.807, 2.05) is 0 Å². The molecule has 2 rings (SSSR count). The number of aromatic hydroxyl groups is 1. The normalized spacial score (nSPS) is 21.0. The number of carbonyl (C=O) groups is 1. The number of ether oxygens (including phenoxy) is 1. The summed E-state index contributed by atoms with van der Waals surface area (Å²) in [6.45, 7) is 4.90. The molecule has 0 bridgehead atoms. The molecule has 0 aromatic heterocycles. The molecule has 1 aromatic carbocycles. The molecule has 1 atom stereocenters. The van der Waals surface area contributed by atoms with Crippen molar-refractivity contribution in [3.05, 3.63) is 28.2 Å². The highest BCUT2D eigenvalue weighted by Crippen LogP contribution is 2.31. The second-order valence-electron chi connectivity index (χ2n) is 5.56. The average molecular weight is 356 g/mol. The molecule has 0 spiro atoms. The highest BCUT2D eigenvalue weighted by atomic mass is 79.9. The Balaban J connectivity index is 2.05. The van der Waals surface area contributed by atoms with Gasteiger partial charge in [0.15, 0.2) is 0 Å². The predicted octanol–water partition coefficient (Wildman–Crippen LogP) is 3.62. The lowest BCUT2D eigenvalue weighted by Gasteiger charge is -2.40. The molecule has 5 heteroatoms. The Bertz CT molecular complexity index is 514. The van der Waals surface area contributed by atoms with Gasteiger partial charge in [0.25, 0.3) is 5.91 Å². The summed E-state index contributed by atoms with van der Waals surface area (Å²) in [6, 6.07) is 5.00. The molecule has 1 fully saturated rings. The van der Waals surface area contributed by atoms with E-state index in [0.717, 1.165) is 30.2 Å². The van der Waals surface area contributed by atoms with Gasteiger partial charge in [0, 0.05) is 17.1 Å². The van der Waals surface area contributed by atoms with Crippen LogP contribution in [-0.2, 0) is 4.74 Å². The Hall–Kier alpha value is -1.07. The van der Waals surface area contributed by atoms with Gasteiger partial charge in [-0.1, -0.05) is 29.8 Å². The highest BCUT2D eigenvalue weighted by molar-refractivity contribution is 9.10. The molecule has 1 amide bonds. The van der Waals surface area contributed by atoms with Crippen LogP contribution >= 0.6 is 15.9 Å². The molecule has 4 nitrogen and oxygen atoms in total. The van der Waals surface area contributed by atoms with E-state index in [9.17, 15) is 9.90 Å². The molecular weight excluding hydrogens is 334 g/mol. The Morgan fingerprint density at radius 2 is 2.19 bits per heavy atom. The first-order valence-corrected chi connectivity index (χ1v) is 8.22. The number of halogens is 1. The van der Waals surface area contributed by atoms with E-state index in [0.29, 0.717) is 12.2 Å². The lowest BCUT2D eigenvalue weighted by atomic mass is 9.86. The van der Waals surface area contributed by atoms with Gasteiger partial charge >= 0.3 is 0 Å². The Morgan fingerprint density at radius 1 is 1.48 bits per heavy atom. The van der Waals surface area contributed by atoms with Crippen LogP contribution < -0.4 is 5.32 Å². The number of carbonyl (C=O) groups excluding carboxylic acids is 1. The van der Waals surface area contributed by atoms with Crippen molar-refractivity contribution in [2.45, 2.75) is 51.2 Å². The fourth-order valence-electron chi connectivity index (χ4n) is 2.85. The van der Waals surface area contributed by atoms with E-state index in [-0.39, 0.29) is 23.3 Å². The molecule has 1 saturated heterocycles. The van der Waals surface area contributed by atoms with Crippen molar-refractivity contribution in [2.75, 3.05) is 6.61 Å². The monoisotopic (exact) mass is 355 g/mol. The maximum Gasteiger partial charge on any atom is 0.255 e. The third kappa shape index (κ3) is 3.77. The quantitative estimate of drug-likeness (QED) is 0.866. The lowest BCUT2D eigenvalue weighted by Crippen LogP contribution is -2.48. The van der Waals surface area contributed by atoms with Crippen molar-refractivity contribution < 1.29 is 14.6 Å². The standard InChI is InChI=1S/C16H22BrNO3/c1-3-16(4-2)10-12(7-8-21-16)18-15(20)13-6-5-11(17)9-14(13)19/h5-6,9,12,19H,3-4,7-8,10H2,1-2H3,(H,18,20). The minimum absolute atomic E-state index is 0.00817. The van der Waals surface area contributed by atoms with Crippen molar-refractivity contribution in [1.29, 1.82) is 0 Å². The summed E-state index contributed by atoms with van der Waals surface area (Å²) in [6.07, 6.45) is 3.52. The highest BCUT2D eigenvalue weighted by Gasteiger charge is 2.35. The van der Waals surface area contributed by atoms with E-state index < -0.39 is 0 Å². The fraction of sp³-hybridized carbons (Fsp3) is 0.562. The smallest absolute Gasteiger partial charge is 0.255 e. The molecule has 0 radical (unpaired) electrons. The van der Waals surface area contributed by atoms with Gasteiger partial charge in [-0.05, 0) is 43.9 Å². The number of benzene rings is 1. The van der Waals surface area contributed by atoms with Gasteiger partial charge in [0.2, 0.25) is 0 Å². The van der Waals surface area contributed by atoms with Crippen molar-refractivity contribution in [2.24, 2.45) is 0 Å². The summed E-state index contributed by atoms with van der Waals surface area (Å²) >= 11 is 3.27. The second kappa shape index (κ2) is 6.79. The van der Waals surface area contributed by atoms with Crippen molar-refractivity contribution in [3.8, 4) is 5.75 Å². The number of amides is 1. The molecule has 1 unspecified atom stereocenters. The van der Waals surface area contributed by atoms with E-state index in [2.05, 4.69) is 35.1 Å². The summed E-state index contributed by atoms with van der Waals surface area (Å²) in [5.74, 6) is -0.237.